The standard InChI is InChI=1S/C24H42O3/c1-6-22(18(2)3)19-12-10-11-15-21(16-19)26-17-23(25)27-24(4,5)20-13-8-7-9-14-20/h10-12,15,18-23,25H,6-9,13-14,16-17H2,1-5H3. The molecule has 0 heterocycles. The molecule has 3 nitrogen and oxygen atoms in total. The lowest BCUT2D eigenvalue weighted by atomic mass is 9.79. The van der Waals surface area contributed by atoms with Gasteiger partial charge < -0.3 is 14.6 Å². The highest BCUT2D eigenvalue weighted by Crippen LogP contribution is 2.35. The number of ether oxygens (including phenoxy) is 2. The van der Waals surface area contributed by atoms with Crippen LogP contribution < -0.4 is 0 Å². The molecule has 0 aliphatic heterocycles. The second kappa shape index (κ2) is 10.8. The van der Waals surface area contributed by atoms with Crippen molar-refractivity contribution >= 4 is 0 Å². The zero-order valence-electron chi connectivity index (χ0n) is 18.2. The number of aliphatic hydroxyl groups excluding tert-OH is 1. The fourth-order valence-corrected chi connectivity index (χ4v) is 5.01. The van der Waals surface area contributed by atoms with E-state index in [1.165, 1.54) is 38.5 Å². The van der Waals surface area contributed by atoms with E-state index in [4.69, 9.17) is 9.47 Å². The third-order valence-corrected chi connectivity index (χ3v) is 6.66. The summed E-state index contributed by atoms with van der Waals surface area (Å²) in [7, 11) is 0. The summed E-state index contributed by atoms with van der Waals surface area (Å²) in [6.07, 6.45) is 16.3. The second-order valence-electron chi connectivity index (χ2n) is 9.37. The molecule has 0 radical (unpaired) electrons. The van der Waals surface area contributed by atoms with Gasteiger partial charge in [-0.25, -0.2) is 0 Å². The van der Waals surface area contributed by atoms with Gasteiger partial charge in [0.25, 0.3) is 0 Å². The minimum atomic E-state index is -0.864. The first-order chi connectivity index (χ1) is 12.8. The maximum atomic E-state index is 10.4. The number of aliphatic hydroxyl groups is 1. The summed E-state index contributed by atoms with van der Waals surface area (Å²) in [5.41, 5.74) is -0.294. The van der Waals surface area contributed by atoms with Crippen molar-refractivity contribution in [3.8, 4) is 0 Å². The molecule has 0 aromatic heterocycles. The van der Waals surface area contributed by atoms with Crippen molar-refractivity contribution in [2.45, 2.75) is 97.6 Å². The van der Waals surface area contributed by atoms with E-state index in [2.05, 4.69) is 58.9 Å². The van der Waals surface area contributed by atoms with E-state index in [9.17, 15) is 5.11 Å². The van der Waals surface area contributed by atoms with E-state index in [1.54, 1.807) is 0 Å². The minimum Gasteiger partial charge on any atom is -0.369 e. The molecule has 4 atom stereocenters. The van der Waals surface area contributed by atoms with Gasteiger partial charge in [-0.3, -0.25) is 0 Å². The highest BCUT2D eigenvalue weighted by atomic mass is 16.6. The van der Waals surface area contributed by atoms with Crippen molar-refractivity contribution in [3.05, 3.63) is 24.3 Å². The van der Waals surface area contributed by atoms with E-state index in [0.29, 0.717) is 23.7 Å². The topological polar surface area (TPSA) is 38.7 Å². The van der Waals surface area contributed by atoms with Gasteiger partial charge in [0.05, 0.1) is 18.3 Å². The normalized spacial score (nSPS) is 26.9. The molecule has 1 saturated carbocycles. The van der Waals surface area contributed by atoms with E-state index in [-0.39, 0.29) is 18.3 Å². The molecule has 0 bridgehead atoms. The van der Waals surface area contributed by atoms with Crippen LogP contribution in [0.1, 0.15) is 79.6 Å². The zero-order valence-corrected chi connectivity index (χ0v) is 18.2. The summed E-state index contributed by atoms with van der Waals surface area (Å²) in [5, 5.41) is 10.4. The molecule has 1 fully saturated rings. The Balaban J connectivity index is 1.83. The van der Waals surface area contributed by atoms with E-state index in [1.807, 2.05) is 0 Å². The third kappa shape index (κ3) is 7.03. The van der Waals surface area contributed by atoms with Crippen LogP contribution in [0.25, 0.3) is 0 Å². The average molecular weight is 379 g/mol. The van der Waals surface area contributed by atoms with Gasteiger partial charge in [0.15, 0.2) is 6.29 Å². The van der Waals surface area contributed by atoms with Crippen molar-refractivity contribution in [2.75, 3.05) is 6.61 Å². The number of hydrogen-bond donors (Lipinski definition) is 1. The van der Waals surface area contributed by atoms with Crippen LogP contribution in [0.15, 0.2) is 24.3 Å². The Morgan fingerprint density at radius 3 is 2.37 bits per heavy atom. The predicted octanol–water partition coefficient (Wildman–Crippen LogP) is 5.88. The third-order valence-electron chi connectivity index (χ3n) is 6.66. The van der Waals surface area contributed by atoms with Gasteiger partial charge >= 0.3 is 0 Å². The number of allylic oxidation sites excluding steroid dienone is 3. The molecule has 4 unspecified atom stereocenters. The van der Waals surface area contributed by atoms with Crippen molar-refractivity contribution in [1.82, 2.24) is 0 Å². The fourth-order valence-electron chi connectivity index (χ4n) is 5.01. The Hall–Kier alpha value is -0.640. The summed E-state index contributed by atoms with van der Waals surface area (Å²) in [4.78, 5) is 0. The molecule has 2 aliphatic carbocycles. The van der Waals surface area contributed by atoms with Crippen LogP contribution in [0, 0.1) is 23.7 Å². The van der Waals surface area contributed by atoms with Crippen molar-refractivity contribution in [1.29, 1.82) is 0 Å². The Bertz CT molecular complexity index is 474. The van der Waals surface area contributed by atoms with Gasteiger partial charge in [-0.2, -0.15) is 0 Å². The molecule has 0 aromatic rings. The fraction of sp³-hybridized carbons (Fsp3) is 0.833. The smallest absolute Gasteiger partial charge is 0.178 e. The van der Waals surface area contributed by atoms with Crippen LogP contribution in [0.2, 0.25) is 0 Å². The number of hydrogen-bond acceptors (Lipinski definition) is 3. The molecule has 0 amide bonds. The quantitative estimate of drug-likeness (QED) is 0.509. The molecule has 2 aliphatic rings. The number of rotatable bonds is 9. The van der Waals surface area contributed by atoms with Crippen LogP contribution in [-0.4, -0.2) is 29.7 Å². The Labute approximate surface area is 167 Å². The highest BCUT2D eigenvalue weighted by Gasteiger charge is 2.34. The van der Waals surface area contributed by atoms with Gasteiger partial charge in [-0.15, -0.1) is 0 Å². The van der Waals surface area contributed by atoms with Crippen molar-refractivity contribution in [3.63, 3.8) is 0 Å². The first-order valence-electron chi connectivity index (χ1n) is 11.2. The summed E-state index contributed by atoms with van der Waals surface area (Å²) in [6.45, 7) is 11.4. The Morgan fingerprint density at radius 1 is 1.07 bits per heavy atom. The van der Waals surface area contributed by atoms with Crippen molar-refractivity contribution < 1.29 is 14.6 Å². The van der Waals surface area contributed by atoms with E-state index >= 15 is 0 Å². The summed E-state index contributed by atoms with van der Waals surface area (Å²) in [6, 6.07) is 0. The minimum absolute atomic E-state index is 0.0360. The molecule has 0 saturated heterocycles. The van der Waals surface area contributed by atoms with Gasteiger partial charge in [-0.1, -0.05) is 70.8 Å². The van der Waals surface area contributed by atoms with Crippen LogP contribution in [0.5, 0.6) is 0 Å². The van der Waals surface area contributed by atoms with E-state index < -0.39 is 6.29 Å². The molecule has 0 aromatic carbocycles. The molecule has 1 N–H and O–H groups in total. The van der Waals surface area contributed by atoms with Gasteiger partial charge in [0.2, 0.25) is 0 Å². The Kier molecular flexibility index (Phi) is 9.04. The molecule has 0 spiro atoms. The largest absolute Gasteiger partial charge is 0.369 e. The summed E-state index contributed by atoms with van der Waals surface area (Å²) in [5.74, 6) is 2.38. The first kappa shape index (κ1) is 22.6. The lowest BCUT2D eigenvalue weighted by Gasteiger charge is -2.38. The monoisotopic (exact) mass is 378 g/mol. The highest BCUT2D eigenvalue weighted by molar-refractivity contribution is 5.12. The van der Waals surface area contributed by atoms with Gasteiger partial charge in [-0.05, 0) is 56.8 Å². The van der Waals surface area contributed by atoms with Gasteiger partial charge in [0, 0.05) is 0 Å². The van der Waals surface area contributed by atoms with E-state index in [0.717, 1.165) is 6.42 Å². The molecule has 27 heavy (non-hydrogen) atoms. The maximum absolute atomic E-state index is 10.4. The van der Waals surface area contributed by atoms with Crippen LogP contribution >= 0.6 is 0 Å². The second-order valence-corrected chi connectivity index (χ2v) is 9.37. The maximum Gasteiger partial charge on any atom is 0.178 e. The molecular weight excluding hydrogens is 336 g/mol. The van der Waals surface area contributed by atoms with Crippen LogP contribution in [0.3, 0.4) is 0 Å². The van der Waals surface area contributed by atoms with Gasteiger partial charge in [0.1, 0.15) is 0 Å². The molecular formula is C24H42O3. The lowest BCUT2D eigenvalue weighted by Crippen LogP contribution is -2.41. The SMILES string of the molecule is CCC(C(C)C)C1C=CC=CC(OCC(O)OC(C)(C)C2CCCCC2)C1. The summed E-state index contributed by atoms with van der Waals surface area (Å²) >= 11 is 0. The molecule has 3 heteroatoms. The molecule has 156 valence electrons. The Morgan fingerprint density at radius 2 is 1.74 bits per heavy atom. The van der Waals surface area contributed by atoms with Crippen LogP contribution in [0.4, 0.5) is 0 Å². The zero-order chi connectivity index (χ0) is 19.9. The average Bonchev–Trinajstić information content (AvgIpc) is 2.86. The summed E-state index contributed by atoms with van der Waals surface area (Å²) < 4.78 is 12.1. The predicted molar refractivity (Wildman–Crippen MR) is 112 cm³/mol. The molecule has 2 rings (SSSR count). The first-order valence-corrected chi connectivity index (χ1v) is 11.2. The lowest BCUT2D eigenvalue weighted by molar-refractivity contribution is -0.218. The van der Waals surface area contributed by atoms with Crippen LogP contribution in [-0.2, 0) is 9.47 Å². The van der Waals surface area contributed by atoms with Crippen molar-refractivity contribution in [2.24, 2.45) is 23.7 Å².